The third-order valence-electron chi connectivity index (χ3n) is 3.11. The number of ether oxygens (including phenoxy) is 1. The van der Waals surface area contributed by atoms with Gasteiger partial charge in [-0.05, 0) is 6.07 Å². The molecule has 0 amide bonds. The molecule has 5 atom stereocenters. The Morgan fingerprint density at radius 3 is 2.70 bits per heavy atom. The molecule has 7 N–H and O–H groups in total. The van der Waals surface area contributed by atoms with Crippen molar-refractivity contribution in [2.75, 3.05) is 5.73 Å². The molecule has 1 aromatic rings. The topological polar surface area (TPSA) is 178 Å². The van der Waals surface area contributed by atoms with Gasteiger partial charge in [-0.1, -0.05) is 0 Å². The van der Waals surface area contributed by atoms with E-state index in [0.717, 1.165) is 4.57 Å². The lowest BCUT2D eigenvalue weighted by atomic mass is 9.96. The maximum atomic E-state index is 11.7. The molecular weight excluding hydrogens is 272 g/mol. The van der Waals surface area contributed by atoms with Gasteiger partial charge in [0.1, 0.15) is 24.1 Å². The van der Waals surface area contributed by atoms with Crippen LogP contribution in [0.25, 0.3) is 0 Å². The summed E-state index contributed by atoms with van der Waals surface area (Å²) in [4.78, 5) is 26.0. The predicted molar refractivity (Wildman–Crippen MR) is 60.5 cm³/mol. The Morgan fingerprint density at radius 2 is 2.15 bits per heavy atom. The Hall–Kier alpha value is -2.01. The van der Waals surface area contributed by atoms with Crippen LogP contribution < -0.4 is 22.3 Å². The highest BCUT2D eigenvalue weighted by Gasteiger charge is 2.46. The number of carboxylic acids is 1. The van der Waals surface area contributed by atoms with Crippen molar-refractivity contribution in [3.63, 3.8) is 0 Å². The summed E-state index contributed by atoms with van der Waals surface area (Å²) in [6.45, 7) is 0. The summed E-state index contributed by atoms with van der Waals surface area (Å²) in [5.74, 6) is -1.64. The lowest BCUT2D eigenvalue weighted by Crippen LogP contribution is -2.79. The maximum absolute atomic E-state index is 11.7. The van der Waals surface area contributed by atoms with Gasteiger partial charge in [0.2, 0.25) is 0 Å². The van der Waals surface area contributed by atoms with Crippen LogP contribution in [-0.2, 0) is 9.53 Å². The Kier molecular flexibility index (Phi) is 3.72. The second-order valence-electron chi connectivity index (χ2n) is 4.45. The number of quaternary nitrogens is 1. The monoisotopic (exact) mass is 286 g/mol. The Morgan fingerprint density at radius 1 is 1.50 bits per heavy atom. The van der Waals surface area contributed by atoms with Crippen LogP contribution in [0, 0.1) is 0 Å². The van der Waals surface area contributed by atoms with Crippen LogP contribution in [0.15, 0.2) is 17.1 Å². The fourth-order valence-corrected chi connectivity index (χ4v) is 2.01. The highest BCUT2D eigenvalue weighted by Crippen LogP contribution is 2.25. The van der Waals surface area contributed by atoms with E-state index in [-0.39, 0.29) is 5.82 Å². The van der Waals surface area contributed by atoms with Gasteiger partial charge in [-0.3, -0.25) is 4.57 Å². The van der Waals surface area contributed by atoms with Crippen molar-refractivity contribution in [1.82, 2.24) is 9.55 Å². The number of aliphatic hydroxyl groups is 2. The Labute approximate surface area is 112 Å². The molecular formula is C10H14N4O6. The molecule has 0 radical (unpaired) electrons. The van der Waals surface area contributed by atoms with Crippen LogP contribution in [0.2, 0.25) is 0 Å². The molecule has 20 heavy (non-hydrogen) atoms. The highest BCUT2D eigenvalue weighted by atomic mass is 16.6. The predicted octanol–water partition coefficient (Wildman–Crippen LogP) is -5.19. The molecule has 2 rings (SSSR count). The zero-order valence-electron chi connectivity index (χ0n) is 10.2. The molecule has 0 unspecified atom stereocenters. The Balaban J connectivity index is 2.39. The third-order valence-corrected chi connectivity index (χ3v) is 3.11. The largest absolute Gasteiger partial charge is 0.547 e. The van der Waals surface area contributed by atoms with Crippen LogP contribution in [-0.4, -0.2) is 50.1 Å². The molecule has 0 bridgehead atoms. The average molecular weight is 286 g/mol. The number of aliphatic hydroxyl groups excluding tert-OH is 2. The fraction of sp³-hybridized carbons (Fsp3) is 0.500. The summed E-state index contributed by atoms with van der Waals surface area (Å²) >= 11 is 0. The molecule has 10 heteroatoms. The number of carbonyl (C=O) groups is 1. The van der Waals surface area contributed by atoms with Gasteiger partial charge < -0.3 is 36.3 Å². The molecule has 1 aromatic heterocycles. The third kappa shape index (κ3) is 2.36. The number of anilines is 1. The van der Waals surface area contributed by atoms with Gasteiger partial charge in [-0.15, -0.1) is 0 Å². The first-order valence-electron chi connectivity index (χ1n) is 5.73. The summed E-state index contributed by atoms with van der Waals surface area (Å²) in [6, 6.07) is 0.137. The summed E-state index contributed by atoms with van der Waals surface area (Å²) in [7, 11) is 0. The summed E-state index contributed by atoms with van der Waals surface area (Å²) in [5.41, 5.74) is 7.90. The lowest BCUT2D eigenvalue weighted by Gasteiger charge is -2.39. The number of nitrogens with two attached hydrogens (primary N) is 1. The number of nitrogen functional groups attached to an aromatic ring is 1. The van der Waals surface area contributed by atoms with Gasteiger partial charge in [-0.25, -0.2) is 4.79 Å². The zero-order chi connectivity index (χ0) is 15.0. The summed E-state index contributed by atoms with van der Waals surface area (Å²) in [5, 5.41) is 30.6. The van der Waals surface area contributed by atoms with E-state index < -0.39 is 42.2 Å². The van der Waals surface area contributed by atoms with E-state index in [1.165, 1.54) is 12.3 Å². The number of hydrogen-bond acceptors (Lipinski definition) is 8. The van der Waals surface area contributed by atoms with Crippen molar-refractivity contribution in [2.24, 2.45) is 0 Å². The number of rotatable bonds is 2. The lowest BCUT2D eigenvalue weighted by molar-refractivity contribution is -0.482. The molecule has 1 aliphatic rings. The van der Waals surface area contributed by atoms with E-state index in [0.29, 0.717) is 0 Å². The van der Waals surface area contributed by atoms with Gasteiger partial charge in [-0.2, -0.15) is 4.98 Å². The number of carbonyl (C=O) groups excluding carboxylic acids is 1. The number of nitrogens with zero attached hydrogens (tertiary/aromatic N) is 2. The average Bonchev–Trinajstić information content (AvgIpc) is 2.37. The molecule has 0 spiro atoms. The summed E-state index contributed by atoms with van der Waals surface area (Å²) in [6.07, 6.45) is -4.85. The van der Waals surface area contributed by atoms with Crippen LogP contribution in [0.3, 0.4) is 0 Å². The minimum Gasteiger partial charge on any atom is -0.547 e. The first-order chi connectivity index (χ1) is 9.32. The van der Waals surface area contributed by atoms with E-state index in [1.54, 1.807) is 0 Å². The normalized spacial score (nSPS) is 33.9. The van der Waals surface area contributed by atoms with Gasteiger partial charge in [0.05, 0.1) is 5.97 Å². The van der Waals surface area contributed by atoms with Crippen LogP contribution in [0.4, 0.5) is 5.82 Å². The molecule has 0 aliphatic carbocycles. The summed E-state index contributed by atoms with van der Waals surface area (Å²) < 4.78 is 5.94. The first kappa shape index (κ1) is 14.4. The molecule has 10 nitrogen and oxygen atoms in total. The van der Waals surface area contributed by atoms with E-state index in [2.05, 4.69) is 10.7 Å². The smallest absolute Gasteiger partial charge is 0.351 e. The minimum atomic E-state index is -1.60. The Bertz CT molecular complexity index is 575. The van der Waals surface area contributed by atoms with Crippen molar-refractivity contribution in [3.8, 4) is 0 Å². The molecule has 0 saturated carbocycles. The molecule has 1 fully saturated rings. The van der Waals surface area contributed by atoms with Gasteiger partial charge in [0.25, 0.3) is 0 Å². The van der Waals surface area contributed by atoms with Crippen LogP contribution >= 0.6 is 0 Å². The number of aromatic nitrogens is 2. The van der Waals surface area contributed by atoms with E-state index in [9.17, 15) is 24.9 Å². The molecule has 1 aliphatic heterocycles. The van der Waals surface area contributed by atoms with Crippen molar-refractivity contribution in [3.05, 3.63) is 22.7 Å². The number of carboxylic acid groups (broad SMARTS) is 1. The standard InChI is InChI=1S/C10H14N4O6/c11-3-1-2-14(10(19)13-3)8-6(16)5(15)4(12)7(20-8)9(17)18/h1-2,4-8,15-16H,12H2,(H,17,18)(H2,11,13,19)/t4-,5-,6+,7-,8+/m0/s1. The first-order valence-corrected chi connectivity index (χ1v) is 5.73. The SMILES string of the molecule is Nc1ccn([C@@H]2O[C@H](C(=O)[O-])[C@@H]([NH3+])[C@H](O)[C@H]2O)c(=O)n1. The minimum absolute atomic E-state index is 0.0383. The van der Waals surface area contributed by atoms with E-state index >= 15 is 0 Å². The quantitative estimate of drug-likeness (QED) is 0.416. The second kappa shape index (κ2) is 5.17. The molecule has 110 valence electrons. The van der Waals surface area contributed by atoms with Gasteiger partial charge in [0.15, 0.2) is 12.3 Å². The van der Waals surface area contributed by atoms with Crippen LogP contribution in [0.1, 0.15) is 6.23 Å². The molecule has 0 aromatic carbocycles. The van der Waals surface area contributed by atoms with Crippen molar-refractivity contribution < 1.29 is 30.6 Å². The fourth-order valence-electron chi connectivity index (χ4n) is 2.01. The van der Waals surface area contributed by atoms with Crippen molar-refractivity contribution in [2.45, 2.75) is 30.6 Å². The van der Waals surface area contributed by atoms with Crippen molar-refractivity contribution >= 4 is 11.8 Å². The maximum Gasteiger partial charge on any atom is 0.351 e. The van der Waals surface area contributed by atoms with E-state index in [4.69, 9.17) is 10.5 Å². The zero-order valence-corrected chi connectivity index (χ0v) is 10.2. The molecule has 2 heterocycles. The van der Waals surface area contributed by atoms with E-state index in [1.807, 2.05) is 0 Å². The number of aliphatic carboxylic acids is 1. The molecule has 1 saturated heterocycles. The van der Waals surface area contributed by atoms with Gasteiger partial charge >= 0.3 is 5.69 Å². The number of hydrogen-bond donors (Lipinski definition) is 4. The van der Waals surface area contributed by atoms with Gasteiger partial charge in [0, 0.05) is 6.20 Å². The van der Waals surface area contributed by atoms with Crippen molar-refractivity contribution in [1.29, 1.82) is 0 Å². The van der Waals surface area contributed by atoms with Crippen LogP contribution in [0.5, 0.6) is 0 Å². The second-order valence-corrected chi connectivity index (χ2v) is 4.45. The highest BCUT2D eigenvalue weighted by molar-refractivity contribution is 5.71.